The van der Waals surface area contributed by atoms with Crippen LogP contribution in [0.5, 0.6) is 0 Å². The molecule has 0 saturated heterocycles. The van der Waals surface area contributed by atoms with E-state index in [9.17, 15) is 4.79 Å². The molecule has 136 valence electrons. The summed E-state index contributed by atoms with van der Waals surface area (Å²) >= 11 is 0. The molecule has 3 rings (SSSR count). The molecule has 0 aliphatic heterocycles. The van der Waals surface area contributed by atoms with Crippen LogP contribution in [0, 0.1) is 6.92 Å². The van der Waals surface area contributed by atoms with E-state index >= 15 is 0 Å². The van der Waals surface area contributed by atoms with Crippen LogP contribution in [0.1, 0.15) is 53.3 Å². The third-order valence-corrected chi connectivity index (χ3v) is 4.45. The summed E-state index contributed by atoms with van der Waals surface area (Å²) in [5.41, 5.74) is 4.65. The van der Waals surface area contributed by atoms with E-state index in [1.54, 1.807) is 6.26 Å². The van der Waals surface area contributed by atoms with Gasteiger partial charge in [-0.3, -0.25) is 4.79 Å². The third kappa shape index (κ3) is 3.57. The topological polar surface area (TPSA) is 60.1 Å². The molecule has 0 spiro atoms. The molecule has 2 heterocycles. The number of nitrogens with one attached hydrogen (secondary N) is 1. The van der Waals surface area contributed by atoms with Gasteiger partial charge in [0.15, 0.2) is 0 Å². The minimum Gasteiger partial charge on any atom is -0.467 e. The lowest BCUT2D eigenvalue weighted by Crippen LogP contribution is -2.24. The maximum Gasteiger partial charge on any atom is 0.255 e. The van der Waals surface area contributed by atoms with Crippen LogP contribution in [-0.4, -0.2) is 15.7 Å². The van der Waals surface area contributed by atoms with Crippen molar-refractivity contribution in [3.63, 3.8) is 0 Å². The molecule has 0 atom stereocenters. The van der Waals surface area contributed by atoms with Gasteiger partial charge in [-0.05, 0) is 43.5 Å². The zero-order valence-electron chi connectivity index (χ0n) is 15.6. The second kappa shape index (κ2) is 8.04. The lowest BCUT2D eigenvalue weighted by molar-refractivity contribution is 0.0946. The summed E-state index contributed by atoms with van der Waals surface area (Å²) in [6.45, 7) is 6.59. The molecule has 0 unspecified atom stereocenters. The van der Waals surface area contributed by atoms with Crippen molar-refractivity contribution in [1.29, 1.82) is 0 Å². The van der Waals surface area contributed by atoms with E-state index in [-0.39, 0.29) is 5.91 Å². The van der Waals surface area contributed by atoms with Gasteiger partial charge >= 0.3 is 0 Å². The Morgan fingerprint density at radius 1 is 1.19 bits per heavy atom. The van der Waals surface area contributed by atoms with E-state index < -0.39 is 0 Å². The van der Waals surface area contributed by atoms with Crippen LogP contribution in [0.2, 0.25) is 0 Å². The highest BCUT2D eigenvalue weighted by atomic mass is 16.3. The Kier molecular flexibility index (Phi) is 5.56. The molecule has 0 aliphatic carbocycles. The van der Waals surface area contributed by atoms with Crippen molar-refractivity contribution < 1.29 is 9.21 Å². The number of rotatable bonds is 7. The highest BCUT2D eigenvalue weighted by Crippen LogP contribution is 2.23. The molecule has 0 fully saturated rings. The predicted octanol–water partition coefficient (Wildman–Crippen LogP) is 4.22. The van der Waals surface area contributed by atoms with E-state index in [2.05, 4.69) is 32.2 Å². The van der Waals surface area contributed by atoms with Gasteiger partial charge in [-0.15, -0.1) is 0 Å². The molecule has 1 N–H and O–H groups in total. The monoisotopic (exact) mass is 351 g/mol. The average molecular weight is 351 g/mol. The van der Waals surface area contributed by atoms with E-state index in [0.717, 1.165) is 47.7 Å². The number of furan rings is 1. The highest BCUT2D eigenvalue weighted by molar-refractivity contribution is 5.96. The molecule has 26 heavy (non-hydrogen) atoms. The Bertz CT molecular complexity index is 879. The number of aryl methyl sites for hydroxylation is 2. The molecule has 0 bridgehead atoms. The molecular weight excluding hydrogens is 326 g/mol. The summed E-state index contributed by atoms with van der Waals surface area (Å²) in [5.74, 6) is 0.640. The van der Waals surface area contributed by atoms with Crippen molar-refractivity contribution in [2.75, 3.05) is 0 Å². The van der Waals surface area contributed by atoms with Gasteiger partial charge in [0.2, 0.25) is 0 Å². The molecule has 5 nitrogen and oxygen atoms in total. The number of aromatic nitrogens is 2. The summed E-state index contributed by atoms with van der Waals surface area (Å²) in [6.07, 6.45) is 4.05. The molecule has 2 aromatic heterocycles. The molecule has 0 aliphatic rings. The number of benzene rings is 1. The Morgan fingerprint density at radius 2 is 2.00 bits per heavy atom. The fourth-order valence-corrected chi connectivity index (χ4v) is 3.17. The Morgan fingerprint density at radius 3 is 2.65 bits per heavy atom. The smallest absolute Gasteiger partial charge is 0.255 e. The van der Waals surface area contributed by atoms with Gasteiger partial charge in [-0.1, -0.05) is 38.5 Å². The van der Waals surface area contributed by atoms with Crippen molar-refractivity contribution in [1.82, 2.24) is 15.1 Å². The van der Waals surface area contributed by atoms with Crippen molar-refractivity contribution >= 4 is 5.91 Å². The van der Waals surface area contributed by atoms with E-state index in [1.807, 2.05) is 35.0 Å². The van der Waals surface area contributed by atoms with Gasteiger partial charge in [0.05, 0.1) is 35.4 Å². The lowest BCUT2D eigenvalue weighted by Gasteiger charge is -2.10. The van der Waals surface area contributed by atoms with E-state index in [0.29, 0.717) is 12.1 Å². The Hall–Kier alpha value is -2.82. The summed E-state index contributed by atoms with van der Waals surface area (Å²) in [5, 5.41) is 7.77. The first kappa shape index (κ1) is 18.0. The molecule has 1 amide bonds. The maximum absolute atomic E-state index is 12.9. The normalized spacial score (nSPS) is 10.9. The SMILES string of the molecule is CCCc1nn(-c2ccccc2C)c(CC)c1C(=O)NCc1ccco1. The van der Waals surface area contributed by atoms with Crippen LogP contribution >= 0.6 is 0 Å². The zero-order chi connectivity index (χ0) is 18.5. The molecule has 5 heteroatoms. The third-order valence-electron chi connectivity index (χ3n) is 4.45. The summed E-state index contributed by atoms with van der Waals surface area (Å²) in [6, 6.07) is 11.8. The minimum absolute atomic E-state index is 0.0958. The van der Waals surface area contributed by atoms with E-state index in [4.69, 9.17) is 9.52 Å². The molecule has 1 aromatic carbocycles. The lowest BCUT2D eigenvalue weighted by atomic mass is 10.1. The largest absolute Gasteiger partial charge is 0.467 e. The van der Waals surface area contributed by atoms with Crippen LogP contribution in [0.4, 0.5) is 0 Å². The van der Waals surface area contributed by atoms with E-state index in [1.165, 1.54) is 0 Å². The number of carbonyl (C=O) groups is 1. The number of hydrogen-bond acceptors (Lipinski definition) is 3. The average Bonchev–Trinajstić information content (AvgIpc) is 3.28. The van der Waals surface area contributed by atoms with Crippen LogP contribution < -0.4 is 5.32 Å². The second-order valence-electron chi connectivity index (χ2n) is 6.33. The first-order valence-electron chi connectivity index (χ1n) is 9.13. The molecule has 3 aromatic rings. The Labute approximate surface area is 154 Å². The van der Waals surface area contributed by atoms with Gasteiger partial charge in [-0.25, -0.2) is 4.68 Å². The van der Waals surface area contributed by atoms with Crippen LogP contribution in [0.3, 0.4) is 0 Å². The van der Waals surface area contributed by atoms with Crippen LogP contribution in [-0.2, 0) is 19.4 Å². The number of amides is 1. The first-order chi connectivity index (χ1) is 12.7. The van der Waals surface area contributed by atoms with Crippen molar-refractivity contribution in [3.8, 4) is 5.69 Å². The van der Waals surface area contributed by atoms with Gasteiger partial charge in [-0.2, -0.15) is 5.10 Å². The van der Waals surface area contributed by atoms with Gasteiger partial charge < -0.3 is 9.73 Å². The molecule has 0 radical (unpaired) electrons. The van der Waals surface area contributed by atoms with Crippen LogP contribution in [0.25, 0.3) is 5.69 Å². The zero-order valence-corrected chi connectivity index (χ0v) is 15.6. The maximum atomic E-state index is 12.9. The molecule has 0 saturated carbocycles. The summed E-state index contributed by atoms with van der Waals surface area (Å²) in [7, 11) is 0. The summed E-state index contributed by atoms with van der Waals surface area (Å²) < 4.78 is 7.24. The van der Waals surface area contributed by atoms with Crippen molar-refractivity contribution in [2.45, 2.75) is 46.6 Å². The fraction of sp³-hybridized carbons (Fsp3) is 0.333. The van der Waals surface area contributed by atoms with Gasteiger partial charge in [0.1, 0.15) is 5.76 Å². The Balaban J connectivity index is 1.99. The summed E-state index contributed by atoms with van der Waals surface area (Å²) in [4.78, 5) is 12.9. The quantitative estimate of drug-likeness (QED) is 0.693. The second-order valence-corrected chi connectivity index (χ2v) is 6.33. The first-order valence-corrected chi connectivity index (χ1v) is 9.13. The van der Waals surface area contributed by atoms with Crippen molar-refractivity contribution in [2.24, 2.45) is 0 Å². The molecular formula is C21H25N3O2. The highest BCUT2D eigenvalue weighted by Gasteiger charge is 2.23. The number of para-hydroxylation sites is 1. The standard InChI is InChI=1S/C21H25N3O2/c1-4-9-17-20(21(25)22-14-16-11-8-13-26-16)18(5-2)24(23-17)19-12-7-6-10-15(19)3/h6-8,10-13H,4-5,9,14H2,1-3H3,(H,22,25). The number of hydrogen-bond donors (Lipinski definition) is 1. The fourth-order valence-electron chi connectivity index (χ4n) is 3.17. The predicted molar refractivity (Wildman–Crippen MR) is 102 cm³/mol. The van der Waals surface area contributed by atoms with Crippen LogP contribution in [0.15, 0.2) is 47.1 Å². The minimum atomic E-state index is -0.0958. The number of nitrogens with zero attached hydrogens (tertiary/aromatic N) is 2. The van der Waals surface area contributed by atoms with Gasteiger partial charge in [0.25, 0.3) is 5.91 Å². The van der Waals surface area contributed by atoms with Gasteiger partial charge in [0, 0.05) is 0 Å². The van der Waals surface area contributed by atoms with Crippen molar-refractivity contribution in [3.05, 3.63) is 70.9 Å². The number of carbonyl (C=O) groups excluding carboxylic acids is 1.